The molecule has 1 atom stereocenters. The summed E-state index contributed by atoms with van der Waals surface area (Å²) < 4.78 is 5.15. The minimum absolute atomic E-state index is 0.201. The van der Waals surface area contributed by atoms with E-state index in [0.717, 1.165) is 10.5 Å². The van der Waals surface area contributed by atoms with Crippen LogP contribution < -0.4 is 5.73 Å². The molecule has 0 aliphatic rings. The summed E-state index contributed by atoms with van der Waals surface area (Å²) in [5.41, 5.74) is 6.76. The number of ether oxygens (including phenoxy) is 1. The van der Waals surface area contributed by atoms with Crippen molar-refractivity contribution < 1.29 is 9.53 Å². The van der Waals surface area contributed by atoms with Crippen molar-refractivity contribution in [2.75, 3.05) is 12.4 Å². The van der Waals surface area contributed by atoms with Gasteiger partial charge in [-0.25, -0.2) is 0 Å². The number of rotatable bonds is 9. The first-order valence-electron chi connectivity index (χ1n) is 6.68. The summed E-state index contributed by atoms with van der Waals surface area (Å²) in [6, 6.07) is 9.74. The third kappa shape index (κ3) is 7.54. The lowest BCUT2D eigenvalue weighted by molar-refractivity contribution is -0.142. The maximum absolute atomic E-state index is 11.7. The molecule has 0 amide bonds. The number of hydrogen-bond donors (Lipinski definition) is 1. The van der Waals surface area contributed by atoms with Gasteiger partial charge in [-0.05, 0) is 17.7 Å². The van der Waals surface area contributed by atoms with E-state index in [1.807, 2.05) is 30.3 Å². The summed E-state index contributed by atoms with van der Waals surface area (Å²) in [7, 11) is 0. The third-order valence-electron chi connectivity index (χ3n) is 2.63. The molecule has 4 heteroatoms. The number of allylic oxidation sites excluding steroid dienone is 2. The van der Waals surface area contributed by atoms with Crippen molar-refractivity contribution >= 4 is 17.7 Å². The molecule has 0 fully saturated rings. The van der Waals surface area contributed by atoms with Gasteiger partial charge in [0.1, 0.15) is 6.61 Å². The molecule has 0 spiro atoms. The minimum Gasteiger partial charge on any atom is -0.461 e. The number of carbonyl (C=O) groups excluding carboxylic acids is 1. The second-order valence-corrected chi connectivity index (χ2v) is 5.52. The maximum Gasteiger partial charge on any atom is 0.307 e. The Labute approximate surface area is 130 Å². The van der Waals surface area contributed by atoms with Crippen LogP contribution in [0, 0.1) is 0 Å². The van der Waals surface area contributed by atoms with Crippen molar-refractivity contribution in [3.8, 4) is 0 Å². The molecular weight excluding hydrogens is 282 g/mol. The van der Waals surface area contributed by atoms with Gasteiger partial charge in [-0.3, -0.25) is 4.79 Å². The highest BCUT2D eigenvalue weighted by molar-refractivity contribution is 7.99. The van der Waals surface area contributed by atoms with E-state index >= 15 is 0 Å². The largest absolute Gasteiger partial charge is 0.461 e. The molecule has 1 aromatic carbocycles. The maximum atomic E-state index is 11.7. The molecule has 1 aromatic rings. The van der Waals surface area contributed by atoms with Gasteiger partial charge in [-0.2, -0.15) is 0 Å². The van der Waals surface area contributed by atoms with E-state index in [1.54, 1.807) is 30.0 Å². The first kappa shape index (κ1) is 17.3. The lowest BCUT2D eigenvalue weighted by Gasteiger charge is -2.11. The van der Waals surface area contributed by atoms with Gasteiger partial charge in [0.2, 0.25) is 0 Å². The van der Waals surface area contributed by atoms with Crippen molar-refractivity contribution in [2.24, 2.45) is 5.73 Å². The highest BCUT2D eigenvalue weighted by Crippen LogP contribution is 2.18. The van der Waals surface area contributed by atoms with Crippen LogP contribution >= 0.6 is 11.8 Å². The van der Waals surface area contributed by atoms with Gasteiger partial charge >= 0.3 is 5.97 Å². The highest BCUT2D eigenvalue weighted by atomic mass is 32.2. The van der Waals surface area contributed by atoms with Gasteiger partial charge in [0, 0.05) is 16.7 Å². The summed E-state index contributed by atoms with van der Waals surface area (Å²) in [6.07, 6.45) is 5.23. The molecule has 0 radical (unpaired) electrons. The van der Waals surface area contributed by atoms with Crippen molar-refractivity contribution in [1.82, 2.24) is 0 Å². The van der Waals surface area contributed by atoms with E-state index in [2.05, 4.69) is 13.2 Å². The predicted octanol–water partition coefficient (Wildman–Crippen LogP) is 3.34. The number of benzene rings is 1. The van der Waals surface area contributed by atoms with Gasteiger partial charge in [-0.1, -0.05) is 49.6 Å². The van der Waals surface area contributed by atoms with Gasteiger partial charge < -0.3 is 10.5 Å². The lowest BCUT2D eigenvalue weighted by Crippen LogP contribution is -2.27. The second kappa shape index (κ2) is 10.0. The molecule has 0 heterocycles. The van der Waals surface area contributed by atoms with Crippen LogP contribution in [0.1, 0.15) is 6.42 Å². The Morgan fingerprint density at radius 2 is 2.05 bits per heavy atom. The molecule has 0 saturated carbocycles. The summed E-state index contributed by atoms with van der Waals surface area (Å²) in [4.78, 5) is 12.8. The quantitative estimate of drug-likeness (QED) is 0.432. The number of carbonyl (C=O) groups is 1. The molecule has 0 aliphatic heterocycles. The van der Waals surface area contributed by atoms with Gasteiger partial charge in [-0.15, -0.1) is 11.8 Å². The van der Waals surface area contributed by atoms with E-state index < -0.39 is 0 Å². The van der Waals surface area contributed by atoms with Crippen molar-refractivity contribution in [1.29, 1.82) is 0 Å². The first-order valence-corrected chi connectivity index (χ1v) is 7.67. The summed E-state index contributed by atoms with van der Waals surface area (Å²) in [5.74, 6) is 0.378. The second-order valence-electron chi connectivity index (χ2n) is 4.43. The van der Waals surface area contributed by atoms with E-state index in [0.29, 0.717) is 5.75 Å². The fourth-order valence-electron chi connectivity index (χ4n) is 1.54. The van der Waals surface area contributed by atoms with E-state index in [4.69, 9.17) is 10.5 Å². The number of hydrogen-bond acceptors (Lipinski definition) is 4. The summed E-state index contributed by atoms with van der Waals surface area (Å²) in [6.45, 7) is 7.44. The van der Waals surface area contributed by atoms with Crippen LogP contribution in [0.15, 0.2) is 72.2 Å². The highest BCUT2D eigenvalue weighted by Gasteiger charge is 2.11. The topological polar surface area (TPSA) is 52.3 Å². The standard InChI is InChI=1S/C17H21NO2S/c1-3-8-14(4-2)12-20-17(19)11-15(18)13-21-16-9-6-5-7-10-16/h3-10,15H,1-2,11-13,18H2/b14-8+. The smallest absolute Gasteiger partial charge is 0.307 e. The van der Waals surface area contributed by atoms with E-state index in [-0.39, 0.29) is 25.0 Å². The molecule has 0 saturated heterocycles. The Balaban J connectivity index is 2.29. The zero-order chi connectivity index (χ0) is 15.5. The fraction of sp³-hybridized carbons (Fsp3) is 0.235. The van der Waals surface area contributed by atoms with Crippen molar-refractivity contribution in [3.63, 3.8) is 0 Å². The van der Waals surface area contributed by atoms with Crippen molar-refractivity contribution in [2.45, 2.75) is 17.4 Å². The third-order valence-corrected chi connectivity index (χ3v) is 3.83. The van der Waals surface area contributed by atoms with Crippen LogP contribution in [-0.2, 0) is 9.53 Å². The Bertz CT molecular complexity index is 497. The molecule has 2 N–H and O–H groups in total. The Kier molecular flexibility index (Phi) is 8.24. The Hall–Kier alpha value is -1.78. The monoisotopic (exact) mass is 303 g/mol. The Morgan fingerprint density at radius 3 is 2.67 bits per heavy atom. The zero-order valence-electron chi connectivity index (χ0n) is 12.0. The van der Waals surface area contributed by atoms with Crippen LogP contribution in [-0.4, -0.2) is 24.4 Å². The van der Waals surface area contributed by atoms with Crippen LogP contribution in [0.3, 0.4) is 0 Å². The summed E-state index contributed by atoms with van der Waals surface area (Å²) >= 11 is 1.63. The van der Waals surface area contributed by atoms with Gasteiger partial charge in [0.15, 0.2) is 0 Å². The molecule has 21 heavy (non-hydrogen) atoms. The zero-order valence-corrected chi connectivity index (χ0v) is 12.9. The van der Waals surface area contributed by atoms with Crippen LogP contribution in [0.5, 0.6) is 0 Å². The van der Waals surface area contributed by atoms with Crippen LogP contribution in [0.2, 0.25) is 0 Å². The van der Waals surface area contributed by atoms with E-state index in [9.17, 15) is 4.79 Å². The average Bonchev–Trinajstić information content (AvgIpc) is 2.50. The molecule has 1 rings (SSSR count). The minimum atomic E-state index is -0.298. The van der Waals surface area contributed by atoms with Crippen molar-refractivity contribution in [3.05, 3.63) is 67.3 Å². The number of esters is 1. The average molecular weight is 303 g/mol. The van der Waals surface area contributed by atoms with Gasteiger partial charge in [0.05, 0.1) is 6.42 Å². The van der Waals surface area contributed by atoms with Crippen LogP contribution in [0.4, 0.5) is 0 Å². The molecule has 112 valence electrons. The Morgan fingerprint density at radius 1 is 1.33 bits per heavy atom. The van der Waals surface area contributed by atoms with Crippen LogP contribution in [0.25, 0.3) is 0 Å². The van der Waals surface area contributed by atoms with Gasteiger partial charge in [0.25, 0.3) is 0 Å². The predicted molar refractivity (Wildman–Crippen MR) is 89.2 cm³/mol. The molecule has 0 aromatic heterocycles. The molecular formula is C17H21NO2S. The number of thioether (sulfide) groups is 1. The SMILES string of the molecule is C=C/C=C(\C=C)COC(=O)CC(N)CSc1ccccc1. The molecule has 1 unspecified atom stereocenters. The normalized spacial score (nSPS) is 12.5. The molecule has 0 aliphatic carbocycles. The molecule has 0 bridgehead atoms. The first-order chi connectivity index (χ1) is 10.2. The number of nitrogens with two attached hydrogens (primary N) is 1. The molecule has 3 nitrogen and oxygen atoms in total. The fourth-order valence-corrected chi connectivity index (χ4v) is 2.42. The van der Waals surface area contributed by atoms with E-state index in [1.165, 1.54) is 0 Å². The lowest BCUT2D eigenvalue weighted by atomic mass is 10.2. The summed E-state index contributed by atoms with van der Waals surface area (Å²) in [5, 5.41) is 0.